The molecule has 106 valence electrons. The molecule has 0 aromatic heterocycles. The van der Waals surface area contributed by atoms with Gasteiger partial charge in [-0.3, -0.25) is 0 Å². The number of rotatable bonds is 0. The Kier molecular flexibility index (Phi) is 2.85. The van der Waals surface area contributed by atoms with Gasteiger partial charge in [-0.05, 0) is 60.8 Å². The highest BCUT2D eigenvalue weighted by atomic mass is 15.0. The largest absolute Gasteiger partial charge is 0.313 e. The quantitative estimate of drug-likeness (QED) is 0.648. The first kappa shape index (κ1) is 12.4. The van der Waals surface area contributed by atoms with E-state index in [0.29, 0.717) is 5.41 Å². The second kappa shape index (κ2) is 4.35. The molecule has 4 rings (SSSR count). The summed E-state index contributed by atoms with van der Waals surface area (Å²) in [4.78, 5) is 0. The number of fused-ring (bicyclic) bond motifs is 1. The molecule has 7 atom stereocenters. The van der Waals surface area contributed by atoms with Crippen LogP contribution in [0, 0.1) is 35.0 Å². The van der Waals surface area contributed by atoms with E-state index in [0.717, 1.165) is 35.6 Å². The maximum Gasteiger partial charge on any atom is 0.0138 e. The molecule has 0 aromatic rings. The van der Waals surface area contributed by atoms with Gasteiger partial charge in [0.05, 0.1) is 0 Å². The SMILES string of the molecule is CC1CCCC2C[C@H]3NCC[C@@]4(C(C)CC=C[C@@H]34)C12. The van der Waals surface area contributed by atoms with Crippen molar-refractivity contribution in [3.63, 3.8) is 0 Å². The predicted molar refractivity (Wildman–Crippen MR) is 79.9 cm³/mol. The van der Waals surface area contributed by atoms with E-state index >= 15 is 0 Å². The molecule has 4 aliphatic rings. The van der Waals surface area contributed by atoms with Gasteiger partial charge < -0.3 is 5.32 Å². The van der Waals surface area contributed by atoms with Crippen LogP contribution in [0.25, 0.3) is 0 Å². The van der Waals surface area contributed by atoms with Crippen LogP contribution in [-0.2, 0) is 0 Å². The first-order chi connectivity index (χ1) is 9.23. The molecular formula is C18H29N. The monoisotopic (exact) mass is 259 g/mol. The zero-order chi connectivity index (χ0) is 13.0. The maximum absolute atomic E-state index is 3.86. The molecule has 1 saturated heterocycles. The molecule has 0 amide bonds. The summed E-state index contributed by atoms with van der Waals surface area (Å²) in [5.41, 5.74) is 0.646. The van der Waals surface area contributed by atoms with E-state index in [2.05, 4.69) is 31.3 Å². The second-order valence-electron chi connectivity index (χ2n) is 7.94. The Morgan fingerprint density at radius 2 is 2.11 bits per heavy atom. The fourth-order valence-corrected chi connectivity index (χ4v) is 6.71. The van der Waals surface area contributed by atoms with Crippen molar-refractivity contribution in [2.24, 2.45) is 35.0 Å². The lowest BCUT2D eigenvalue weighted by Crippen LogP contribution is -2.65. The lowest BCUT2D eigenvalue weighted by molar-refractivity contribution is -0.127. The zero-order valence-corrected chi connectivity index (χ0v) is 12.6. The van der Waals surface area contributed by atoms with Crippen molar-refractivity contribution in [2.45, 2.75) is 58.4 Å². The van der Waals surface area contributed by atoms with Crippen LogP contribution in [0.15, 0.2) is 12.2 Å². The summed E-state index contributed by atoms with van der Waals surface area (Å²) < 4.78 is 0. The van der Waals surface area contributed by atoms with Crippen molar-refractivity contribution >= 4 is 0 Å². The van der Waals surface area contributed by atoms with Gasteiger partial charge in [-0.2, -0.15) is 0 Å². The molecule has 3 fully saturated rings. The molecule has 1 aliphatic heterocycles. The zero-order valence-electron chi connectivity index (χ0n) is 12.6. The van der Waals surface area contributed by atoms with Gasteiger partial charge in [0, 0.05) is 6.04 Å². The van der Waals surface area contributed by atoms with Crippen LogP contribution in [-0.4, -0.2) is 12.6 Å². The number of allylic oxidation sites excluding steroid dienone is 1. The Morgan fingerprint density at radius 1 is 1.21 bits per heavy atom. The van der Waals surface area contributed by atoms with Gasteiger partial charge in [0.1, 0.15) is 0 Å². The smallest absolute Gasteiger partial charge is 0.0138 e. The Balaban J connectivity index is 1.81. The Bertz CT molecular complexity index is 387. The van der Waals surface area contributed by atoms with E-state index < -0.39 is 0 Å². The van der Waals surface area contributed by atoms with E-state index in [1.165, 1.54) is 45.1 Å². The summed E-state index contributed by atoms with van der Waals surface area (Å²) in [6.45, 7) is 6.40. The van der Waals surface area contributed by atoms with E-state index in [1.807, 2.05) is 0 Å². The normalized spacial score (nSPS) is 56.3. The Morgan fingerprint density at radius 3 is 3.00 bits per heavy atom. The minimum Gasteiger partial charge on any atom is -0.313 e. The van der Waals surface area contributed by atoms with Gasteiger partial charge >= 0.3 is 0 Å². The first-order valence-corrected chi connectivity index (χ1v) is 8.63. The highest BCUT2D eigenvalue weighted by Gasteiger charge is 2.60. The third-order valence-electron chi connectivity index (χ3n) is 7.30. The lowest BCUT2D eigenvalue weighted by atomic mass is 9.42. The van der Waals surface area contributed by atoms with Crippen LogP contribution in [0.3, 0.4) is 0 Å². The minimum absolute atomic E-state index is 0.646. The minimum atomic E-state index is 0.646. The van der Waals surface area contributed by atoms with Gasteiger partial charge in [0.25, 0.3) is 0 Å². The fraction of sp³-hybridized carbons (Fsp3) is 0.889. The van der Waals surface area contributed by atoms with Crippen LogP contribution < -0.4 is 5.32 Å². The summed E-state index contributed by atoms with van der Waals surface area (Å²) in [5.74, 6) is 4.75. The molecule has 1 N–H and O–H groups in total. The summed E-state index contributed by atoms with van der Waals surface area (Å²) in [5, 5.41) is 3.86. The average Bonchev–Trinajstić information content (AvgIpc) is 2.39. The molecule has 3 aliphatic carbocycles. The Labute approximate surface area is 118 Å². The maximum atomic E-state index is 3.86. The molecule has 1 heterocycles. The van der Waals surface area contributed by atoms with Crippen LogP contribution in [0.1, 0.15) is 52.4 Å². The van der Waals surface area contributed by atoms with Crippen LogP contribution >= 0.6 is 0 Å². The van der Waals surface area contributed by atoms with Crippen LogP contribution in [0.4, 0.5) is 0 Å². The molecule has 0 radical (unpaired) electrons. The molecule has 0 spiro atoms. The summed E-state index contributed by atoms with van der Waals surface area (Å²) in [6, 6.07) is 0.791. The van der Waals surface area contributed by atoms with E-state index in [-0.39, 0.29) is 0 Å². The average molecular weight is 259 g/mol. The molecule has 19 heavy (non-hydrogen) atoms. The molecule has 4 unspecified atom stereocenters. The van der Waals surface area contributed by atoms with Crippen molar-refractivity contribution in [2.75, 3.05) is 6.54 Å². The molecule has 1 nitrogen and oxygen atoms in total. The molecule has 2 bridgehead atoms. The van der Waals surface area contributed by atoms with E-state index in [4.69, 9.17) is 0 Å². The van der Waals surface area contributed by atoms with Crippen LogP contribution in [0.5, 0.6) is 0 Å². The first-order valence-electron chi connectivity index (χ1n) is 8.63. The van der Waals surface area contributed by atoms with Gasteiger partial charge in [-0.25, -0.2) is 0 Å². The van der Waals surface area contributed by atoms with Crippen molar-refractivity contribution < 1.29 is 0 Å². The molecular weight excluding hydrogens is 230 g/mol. The number of hydrogen-bond acceptors (Lipinski definition) is 1. The molecule has 2 saturated carbocycles. The summed E-state index contributed by atoms with van der Waals surface area (Å²) >= 11 is 0. The van der Waals surface area contributed by atoms with Gasteiger partial charge in [0.15, 0.2) is 0 Å². The topological polar surface area (TPSA) is 12.0 Å². The van der Waals surface area contributed by atoms with Crippen molar-refractivity contribution in [3.05, 3.63) is 12.2 Å². The van der Waals surface area contributed by atoms with Crippen molar-refractivity contribution in [3.8, 4) is 0 Å². The summed E-state index contributed by atoms with van der Waals surface area (Å²) in [6.07, 6.45) is 13.8. The number of nitrogens with one attached hydrogen (secondary N) is 1. The molecule has 0 aromatic carbocycles. The highest BCUT2D eigenvalue weighted by Crippen LogP contribution is 2.63. The van der Waals surface area contributed by atoms with E-state index in [9.17, 15) is 0 Å². The van der Waals surface area contributed by atoms with E-state index in [1.54, 1.807) is 0 Å². The standard InChI is InChI=1S/C18H29N/c1-12-5-3-7-14-11-16-15-8-4-6-13(2)18(15,17(12)14)9-10-19-16/h4,8,12-17,19H,3,5-7,9-11H2,1-2H3/t12?,13?,14?,15-,16+,17?,18-/m0/s1. The third-order valence-corrected chi connectivity index (χ3v) is 7.30. The fourth-order valence-electron chi connectivity index (χ4n) is 6.71. The second-order valence-corrected chi connectivity index (χ2v) is 7.94. The van der Waals surface area contributed by atoms with Crippen LogP contribution in [0.2, 0.25) is 0 Å². The molecule has 1 heteroatoms. The summed E-state index contributed by atoms with van der Waals surface area (Å²) in [7, 11) is 0. The lowest BCUT2D eigenvalue weighted by Gasteiger charge is -2.65. The number of hydrogen-bond donors (Lipinski definition) is 1. The van der Waals surface area contributed by atoms with Gasteiger partial charge in [0.2, 0.25) is 0 Å². The van der Waals surface area contributed by atoms with Gasteiger partial charge in [-0.15, -0.1) is 0 Å². The van der Waals surface area contributed by atoms with Gasteiger partial charge in [-0.1, -0.05) is 45.3 Å². The Hall–Kier alpha value is -0.300. The highest BCUT2D eigenvalue weighted by molar-refractivity contribution is 5.19. The van der Waals surface area contributed by atoms with Crippen molar-refractivity contribution in [1.82, 2.24) is 5.32 Å². The number of piperidine rings is 1. The third kappa shape index (κ3) is 1.57. The van der Waals surface area contributed by atoms with Crippen molar-refractivity contribution in [1.29, 1.82) is 0 Å². The predicted octanol–water partition coefficient (Wildman–Crippen LogP) is 4.00.